The average molecular weight is 373 g/mol. The van der Waals surface area contributed by atoms with Crippen LogP contribution in [0.3, 0.4) is 0 Å². The summed E-state index contributed by atoms with van der Waals surface area (Å²) in [5.74, 6) is 0.232. The lowest BCUT2D eigenvalue weighted by atomic mass is 10.1. The molecule has 132 valence electrons. The van der Waals surface area contributed by atoms with E-state index in [9.17, 15) is 4.79 Å². The Labute approximate surface area is 150 Å². The molecule has 6 nitrogen and oxygen atoms in total. The van der Waals surface area contributed by atoms with E-state index in [4.69, 9.17) is 34.1 Å². The van der Waals surface area contributed by atoms with Gasteiger partial charge in [0.1, 0.15) is 5.82 Å². The summed E-state index contributed by atoms with van der Waals surface area (Å²) in [7, 11) is 0. The van der Waals surface area contributed by atoms with Gasteiger partial charge in [-0.3, -0.25) is 10.0 Å². The van der Waals surface area contributed by atoms with Gasteiger partial charge in [-0.25, -0.2) is 10.5 Å². The van der Waals surface area contributed by atoms with Gasteiger partial charge in [-0.15, -0.1) is 0 Å². The highest BCUT2D eigenvalue weighted by atomic mass is 35.5. The lowest BCUT2D eigenvalue weighted by Gasteiger charge is -2.11. The van der Waals surface area contributed by atoms with E-state index in [2.05, 4.69) is 16.5 Å². The van der Waals surface area contributed by atoms with Gasteiger partial charge in [-0.1, -0.05) is 43.0 Å². The zero-order valence-corrected chi connectivity index (χ0v) is 15.1. The van der Waals surface area contributed by atoms with E-state index in [0.29, 0.717) is 22.9 Å². The smallest absolute Gasteiger partial charge is 0.260 e. The third-order valence-corrected chi connectivity index (χ3v) is 4.70. The molecule has 0 saturated carbocycles. The molecule has 0 bridgehead atoms. The van der Waals surface area contributed by atoms with Gasteiger partial charge in [-0.05, 0) is 25.0 Å². The number of hydroxylamine groups is 1. The molecule has 0 fully saturated rings. The molecule has 2 aromatic rings. The first kappa shape index (κ1) is 19.0. The highest BCUT2D eigenvalue weighted by Gasteiger charge is 2.17. The average Bonchev–Trinajstić information content (AvgIpc) is 2.89. The van der Waals surface area contributed by atoms with Crippen LogP contribution in [-0.2, 0) is 17.8 Å². The second kappa shape index (κ2) is 8.67. The molecule has 1 atom stereocenters. The maximum absolute atomic E-state index is 11.3. The fraction of sp³-hybridized carbons (Fsp3) is 0.500. The number of amides is 1. The molecule has 0 spiro atoms. The van der Waals surface area contributed by atoms with E-state index in [1.54, 1.807) is 11.5 Å². The van der Waals surface area contributed by atoms with Crippen LogP contribution in [0, 0.1) is 0 Å². The zero-order chi connectivity index (χ0) is 17.7. The first-order valence-electron chi connectivity index (χ1n) is 8.01. The molecule has 2 rings (SSSR count). The Balaban J connectivity index is 2.29. The fourth-order valence-corrected chi connectivity index (χ4v) is 2.94. The predicted octanol–water partition coefficient (Wildman–Crippen LogP) is 3.30. The van der Waals surface area contributed by atoms with Crippen LogP contribution in [-0.4, -0.2) is 26.7 Å². The number of halogens is 2. The number of benzene rings is 1. The van der Waals surface area contributed by atoms with E-state index in [1.165, 1.54) is 0 Å². The number of imidazole rings is 1. The number of nitrogens with one attached hydrogen (secondary N) is 1. The van der Waals surface area contributed by atoms with Gasteiger partial charge in [0.2, 0.25) is 0 Å². The molecule has 0 unspecified atom stereocenters. The Kier molecular flexibility index (Phi) is 6.86. The summed E-state index contributed by atoms with van der Waals surface area (Å²) in [6.45, 7) is 2.97. The van der Waals surface area contributed by atoms with Gasteiger partial charge in [0.05, 0.1) is 27.1 Å². The van der Waals surface area contributed by atoms with E-state index in [-0.39, 0.29) is 0 Å². The molecule has 0 aliphatic heterocycles. The lowest BCUT2D eigenvalue weighted by molar-refractivity contribution is -0.130. The molecule has 8 heteroatoms. The van der Waals surface area contributed by atoms with Crippen molar-refractivity contribution in [2.24, 2.45) is 5.73 Å². The fourth-order valence-electron chi connectivity index (χ4n) is 2.63. The molecule has 4 N–H and O–H groups in total. The van der Waals surface area contributed by atoms with Crippen molar-refractivity contribution in [3.05, 3.63) is 28.0 Å². The maximum atomic E-state index is 11.3. The molecule has 24 heavy (non-hydrogen) atoms. The Morgan fingerprint density at radius 1 is 1.38 bits per heavy atom. The molecule has 0 aliphatic rings. The largest absolute Gasteiger partial charge is 0.328 e. The molecule has 1 heterocycles. The van der Waals surface area contributed by atoms with Crippen molar-refractivity contribution >= 4 is 40.1 Å². The van der Waals surface area contributed by atoms with Crippen molar-refractivity contribution in [2.75, 3.05) is 0 Å². The number of nitrogens with two attached hydrogens (primary N) is 1. The van der Waals surface area contributed by atoms with Crippen molar-refractivity contribution in [1.82, 2.24) is 15.0 Å². The van der Waals surface area contributed by atoms with Crippen molar-refractivity contribution in [3.63, 3.8) is 0 Å². The SMILES string of the molecule is CCCCCn1c(CC[C@H](N)C(=O)NO)nc2cc(Cl)c(Cl)cc21. The number of aryl methyl sites for hydroxylation is 2. The molecule has 1 aromatic carbocycles. The number of hydrogen-bond donors (Lipinski definition) is 3. The zero-order valence-electron chi connectivity index (χ0n) is 13.6. The van der Waals surface area contributed by atoms with Crippen LogP contribution >= 0.6 is 23.2 Å². The minimum atomic E-state index is -0.786. The number of unbranched alkanes of at least 4 members (excludes halogenated alkanes) is 2. The lowest BCUT2D eigenvalue weighted by Crippen LogP contribution is -2.39. The normalized spacial score (nSPS) is 12.5. The molecule has 0 saturated heterocycles. The highest BCUT2D eigenvalue weighted by molar-refractivity contribution is 6.42. The number of aromatic nitrogens is 2. The maximum Gasteiger partial charge on any atom is 0.260 e. The van der Waals surface area contributed by atoms with Gasteiger partial charge in [0, 0.05) is 13.0 Å². The summed E-state index contributed by atoms with van der Waals surface area (Å²) in [6, 6.07) is 2.78. The van der Waals surface area contributed by atoms with Crippen molar-refractivity contribution < 1.29 is 10.0 Å². The van der Waals surface area contributed by atoms with Crippen LogP contribution in [0.1, 0.15) is 38.4 Å². The van der Waals surface area contributed by atoms with E-state index in [1.807, 2.05) is 6.07 Å². The van der Waals surface area contributed by atoms with Crippen LogP contribution in [0.5, 0.6) is 0 Å². The molecular formula is C16H22Cl2N4O2. The van der Waals surface area contributed by atoms with Gasteiger partial charge < -0.3 is 10.3 Å². The third kappa shape index (κ3) is 4.39. The van der Waals surface area contributed by atoms with Crippen LogP contribution in [0.25, 0.3) is 11.0 Å². The van der Waals surface area contributed by atoms with E-state index >= 15 is 0 Å². The number of nitrogens with zero attached hydrogens (tertiary/aromatic N) is 2. The number of carbonyl (C=O) groups is 1. The number of carbonyl (C=O) groups excluding carboxylic acids is 1. The summed E-state index contributed by atoms with van der Waals surface area (Å²) in [4.78, 5) is 16.0. The van der Waals surface area contributed by atoms with Gasteiger partial charge >= 0.3 is 0 Å². The monoisotopic (exact) mass is 372 g/mol. The molecular weight excluding hydrogens is 351 g/mol. The van der Waals surface area contributed by atoms with Gasteiger partial charge in [0.15, 0.2) is 0 Å². The Morgan fingerprint density at radius 3 is 2.75 bits per heavy atom. The quantitative estimate of drug-likeness (QED) is 0.376. The Bertz CT molecular complexity index is 718. The van der Waals surface area contributed by atoms with Crippen LogP contribution in [0.4, 0.5) is 0 Å². The van der Waals surface area contributed by atoms with Gasteiger partial charge in [-0.2, -0.15) is 0 Å². The van der Waals surface area contributed by atoms with Crippen LogP contribution < -0.4 is 11.2 Å². The van der Waals surface area contributed by atoms with Crippen LogP contribution in [0.2, 0.25) is 10.0 Å². The first-order valence-corrected chi connectivity index (χ1v) is 8.77. The van der Waals surface area contributed by atoms with Crippen molar-refractivity contribution in [2.45, 2.75) is 51.6 Å². The summed E-state index contributed by atoms with van der Waals surface area (Å²) in [6.07, 6.45) is 4.16. The molecule has 1 amide bonds. The van der Waals surface area contributed by atoms with Crippen molar-refractivity contribution in [3.8, 4) is 0 Å². The third-order valence-electron chi connectivity index (χ3n) is 3.98. The van der Waals surface area contributed by atoms with Crippen molar-refractivity contribution in [1.29, 1.82) is 0 Å². The number of hydrogen-bond acceptors (Lipinski definition) is 4. The standard InChI is InChI=1S/C16H22Cl2N4O2/c1-2-3-4-7-22-14-9-11(18)10(17)8-13(14)20-15(22)6-5-12(19)16(23)21-24/h8-9,12,24H,2-7,19H2,1H3,(H,21,23)/t12-/m0/s1. The summed E-state index contributed by atoms with van der Waals surface area (Å²) >= 11 is 12.2. The first-order chi connectivity index (χ1) is 11.5. The summed E-state index contributed by atoms with van der Waals surface area (Å²) < 4.78 is 2.11. The Hall–Kier alpha value is -1.34. The van der Waals surface area contributed by atoms with Gasteiger partial charge in [0.25, 0.3) is 5.91 Å². The molecule has 0 aliphatic carbocycles. The number of rotatable bonds is 8. The second-order valence-corrected chi connectivity index (χ2v) is 6.58. The summed E-state index contributed by atoms with van der Waals surface area (Å²) in [5, 5.41) is 9.60. The Morgan fingerprint density at radius 2 is 2.08 bits per heavy atom. The topological polar surface area (TPSA) is 93.2 Å². The molecule has 0 radical (unpaired) electrons. The number of fused-ring (bicyclic) bond motifs is 1. The minimum absolute atomic E-state index is 0.380. The highest BCUT2D eigenvalue weighted by Crippen LogP contribution is 2.29. The second-order valence-electron chi connectivity index (χ2n) is 5.76. The predicted molar refractivity (Wildman–Crippen MR) is 95.5 cm³/mol. The van der Waals surface area contributed by atoms with E-state index in [0.717, 1.165) is 42.7 Å². The van der Waals surface area contributed by atoms with E-state index < -0.39 is 11.9 Å². The van der Waals surface area contributed by atoms with Crippen LogP contribution in [0.15, 0.2) is 12.1 Å². The molecule has 1 aromatic heterocycles. The minimum Gasteiger partial charge on any atom is -0.328 e. The summed E-state index contributed by atoms with van der Waals surface area (Å²) in [5.41, 5.74) is 9.01.